The van der Waals surface area contributed by atoms with Crippen LogP contribution in [0.15, 0.2) is 152 Å². The second-order valence-corrected chi connectivity index (χ2v) is 12.3. The standard InChI is InChI=1S/C45H25N5/c46-26-29-17-23-42-39(24-29)45-32(28-48)8-7-15-43(45)50(42)44-25-30(27-47)16-22-38(44)35-10-2-1-9-34(35)31-18-20-33(21-19-31)49-40-13-5-3-11-36(40)37-12-4-6-14-41(37)49/h1-25H. The average Bonchev–Trinajstić information content (AvgIpc) is 3.70. The fourth-order valence-electron chi connectivity index (χ4n) is 7.47. The summed E-state index contributed by atoms with van der Waals surface area (Å²) in [6.07, 6.45) is 0. The van der Waals surface area contributed by atoms with Crippen molar-refractivity contribution in [2.45, 2.75) is 0 Å². The van der Waals surface area contributed by atoms with Gasteiger partial charge >= 0.3 is 0 Å². The first-order chi connectivity index (χ1) is 24.7. The quantitative estimate of drug-likeness (QED) is 0.193. The Balaban J connectivity index is 1.25. The molecule has 0 amide bonds. The number of nitrogens with zero attached hydrogens (tertiary/aromatic N) is 5. The van der Waals surface area contributed by atoms with Gasteiger partial charge in [0.2, 0.25) is 0 Å². The fourth-order valence-corrected chi connectivity index (χ4v) is 7.47. The van der Waals surface area contributed by atoms with Gasteiger partial charge in [-0.2, -0.15) is 15.8 Å². The molecule has 2 heterocycles. The molecule has 9 aromatic rings. The number of hydrogen-bond donors (Lipinski definition) is 0. The third-order valence-corrected chi connectivity index (χ3v) is 9.64. The zero-order valence-corrected chi connectivity index (χ0v) is 26.7. The molecule has 230 valence electrons. The van der Waals surface area contributed by atoms with Gasteiger partial charge in [-0.05, 0) is 83.4 Å². The topological polar surface area (TPSA) is 81.2 Å². The zero-order valence-electron chi connectivity index (χ0n) is 26.7. The number of fused-ring (bicyclic) bond motifs is 6. The highest BCUT2D eigenvalue weighted by Gasteiger charge is 2.20. The summed E-state index contributed by atoms with van der Waals surface area (Å²) in [7, 11) is 0. The van der Waals surface area contributed by atoms with Crippen LogP contribution in [0.4, 0.5) is 0 Å². The molecule has 0 N–H and O–H groups in total. The van der Waals surface area contributed by atoms with Gasteiger partial charge in [0, 0.05) is 32.8 Å². The number of hydrogen-bond acceptors (Lipinski definition) is 3. The normalized spacial score (nSPS) is 11.1. The van der Waals surface area contributed by atoms with Crippen molar-refractivity contribution >= 4 is 43.6 Å². The summed E-state index contributed by atoms with van der Waals surface area (Å²) in [5.41, 5.74) is 11.6. The average molecular weight is 636 g/mol. The smallest absolute Gasteiger partial charge is 0.0998 e. The van der Waals surface area contributed by atoms with E-state index >= 15 is 0 Å². The van der Waals surface area contributed by atoms with Gasteiger partial charge in [-0.15, -0.1) is 0 Å². The first kappa shape index (κ1) is 28.8. The molecule has 0 bridgehead atoms. The van der Waals surface area contributed by atoms with Gasteiger partial charge < -0.3 is 9.13 Å². The van der Waals surface area contributed by atoms with Crippen LogP contribution < -0.4 is 0 Å². The summed E-state index contributed by atoms with van der Waals surface area (Å²) in [6, 6.07) is 58.0. The number of rotatable bonds is 4. The second kappa shape index (κ2) is 11.4. The van der Waals surface area contributed by atoms with E-state index in [0.29, 0.717) is 16.7 Å². The Hall–Kier alpha value is -7.39. The zero-order chi connectivity index (χ0) is 33.8. The maximum Gasteiger partial charge on any atom is 0.0998 e. The molecule has 5 heteroatoms. The molecule has 0 aliphatic heterocycles. The van der Waals surface area contributed by atoms with Crippen molar-refractivity contribution in [2.24, 2.45) is 0 Å². The van der Waals surface area contributed by atoms with Gasteiger partial charge in [0.05, 0.1) is 62.7 Å². The molecule has 0 aliphatic carbocycles. The molecular formula is C45H25N5. The van der Waals surface area contributed by atoms with E-state index in [0.717, 1.165) is 66.5 Å². The lowest BCUT2D eigenvalue weighted by Crippen LogP contribution is -1.99. The Morgan fingerprint density at radius 1 is 0.400 bits per heavy atom. The van der Waals surface area contributed by atoms with Crippen molar-refractivity contribution in [3.05, 3.63) is 168 Å². The van der Waals surface area contributed by atoms with Gasteiger partial charge in [-0.1, -0.05) is 84.9 Å². The summed E-state index contributed by atoms with van der Waals surface area (Å²) in [5.74, 6) is 0. The Kier molecular flexibility index (Phi) is 6.56. The van der Waals surface area contributed by atoms with Gasteiger partial charge in [0.1, 0.15) is 0 Å². The van der Waals surface area contributed by atoms with Crippen LogP contribution in [0, 0.1) is 34.0 Å². The molecule has 0 saturated heterocycles. The number of nitriles is 3. The van der Waals surface area contributed by atoms with Crippen molar-refractivity contribution in [2.75, 3.05) is 0 Å². The van der Waals surface area contributed by atoms with E-state index in [-0.39, 0.29) is 0 Å². The lowest BCUT2D eigenvalue weighted by molar-refractivity contribution is 1.18. The highest BCUT2D eigenvalue weighted by Crippen LogP contribution is 2.41. The number of aromatic nitrogens is 2. The van der Waals surface area contributed by atoms with E-state index in [1.807, 2.05) is 54.6 Å². The van der Waals surface area contributed by atoms with Gasteiger partial charge in [0.15, 0.2) is 0 Å². The maximum atomic E-state index is 10.1. The molecule has 2 aromatic heterocycles. The van der Waals surface area contributed by atoms with Gasteiger partial charge in [0.25, 0.3) is 0 Å². The molecule has 9 rings (SSSR count). The third kappa shape index (κ3) is 4.31. The van der Waals surface area contributed by atoms with E-state index in [1.54, 1.807) is 12.1 Å². The monoisotopic (exact) mass is 635 g/mol. The van der Waals surface area contributed by atoms with Crippen molar-refractivity contribution in [1.82, 2.24) is 9.13 Å². The second-order valence-electron chi connectivity index (χ2n) is 12.3. The molecule has 0 saturated carbocycles. The van der Waals surface area contributed by atoms with E-state index in [2.05, 4.69) is 112 Å². The number of para-hydroxylation sites is 2. The minimum Gasteiger partial charge on any atom is -0.309 e. The van der Waals surface area contributed by atoms with Crippen LogP contribution in [0.25, 0.3) is 77.2 Å². The van der Waals surface area contributed by atoms with E-state index in [1.165, 1.54) is 10.8 Å². The SMILES string of the molecule is N#Cc1ccc(-c2ccccc2-c2ccc(-n3c4ccccc4c4ccccc43)cc2)c(-n2c3ccc(C#N)cc3c3c(C#N)cccc32)c1. The third-order valence-electron chi connectivity index (χ3n) is 9.64. The molecule has 0 spiro atoms. The minimum atomic E-state index is 0.519. The molecule has 0 fully saturated rings. The van der Waals surface area contributed by atoms with Crippen LogP contribution in [-0.4, -0.2) is 9.13 Å². The van der Waals surface area contributed by atoms with Crippen molar-refractivity contribution in [3.8, 4) is 51.8 Å². The maximum absolute atomic E-state index is 10.1. The van der Waals surface area contributed by atoms with Gasteiger partial charge in [-0.3, -0.25) is 0 Å². The number of benzene rings is 7. The Labute approximate surface area is 287 Å². The summed E-state index contributed by atoms with van der Waals surface area (Å²) >= 11 is 0. The molecule has 0 radical (unpaired) electrons. The highest BCUT2D eigenvalue weighted by atomic mass is 15.0. The minimum absolute atomic E-state index is 0.519. The van der Waals surface area contributed by atoms with Crippen LogP contribution in [0.3, 0.4) is 0 Å². The Morgan fingerprint density at radius 2 is 1.00 bits per heavy atom. The molecule has 0 aliphatic rings. The van der Waals surface area contributed by atoms with Crippen LogP contribution >= 0.6 is 0 Å². The van der Waals surface area contributed by atoms with Crippen molar-refractivity contribution in [1.29, 1.82) is 15.8 Å². The van der Waals surface area contributed by atoms with E-state index in [4.69, 9.17) is 0 Å². The highest BCUT2D eigenvalue weighted by molar-refractivity contribution is 6.13. The lowest BCUT2D eigenvalue weighted by atomic mass is 9.92. The molecule has 7 aromatic carbocycles. The summed E-state index contributed by atoms with van der Waals surface area (Å²) < 4.78 is 4.43. The Bertz CT molecular complexity index is 2900. The Morgan fingerprint density at radius 3 is 1.70 bits per heavy atom. The molecule has 5 nitrogen and oxygen atoms in total. The summed E-state index contributed by atoms with van der Waals surface area (Å²) in [5, 5.41) is 33.9. The van der Waals surface area contributed by atoms with Crippen molar-refractivity contribution < 1.29 is 0 Å². The summed E-state index contributed by atoms with van der Waals surface area (Å²) in [6.45, 7) is 0. The largest absolute Gasteiger partial charge is 0.309 e. The van der Waals surface area contributed by atoms with Crippen LogP contribution in [-0.2, 0) is 0 Å². The van der Waals surface area contributed by atoms with E-state index in [9.17, 15) is 15.8 Å². The van der Waals surface area contributed by atoms with Crippen molar-refractivity contribution in [3.63, 3.8) is 0 Å². The predicted molar refractivity (Wildman–Crippen MR) is 200 cm³/mol. The molecule has 50 heavy (non-hydrogen) atoms. The van der Waals surface area contributed by atoms with Crippen LogP contribution in [0.1, 0.15) is 16.7 Å². The molecular weight excluding hydrogens is 611 g/mol. The van der Waals surface area contributed by atoms with E-state index < -0.39 is 0 Å². The van der Waals surface area contributed by atoms with Gasteiger partial charge in [-0.25, -0.2) is 0 Å². The van der Waals surface area contributed by atoms with Crippen LogP contribution in [0.2, 0.25) is 0 Å². The predicted octanol–water partition coefficient (Wildman–Crippen LogP) is 10.8. The summed E-state index contributed by atoms with van der Waals surface area (Å²) in [4.78, 5) is 0. The molecule has 0 unspecified atom stereocenters. The first-order valence-electron chi connectivity index (χ1n) is 16.3. The van der Waals surface area contributed by atoms with Crippen LogP contribution in [0.5, 0.6) is 0 Å². The fraction of sp³-hybridized carbons (Fsp3) is 0. The molecule has 0 atom stereocenters. The first-order valence-corrected chi connectivity index (χ1v) is 16.3. The lowest BCUT2D eigenvalue weighted by Gasteiger charge is -2.18.